The van der Waals surface area contributed by atoms with E-state index < -0.39 is 6.04 Å². The van der Waals surface area contributed by atoms with Crippen LogP contribution in [0, 0.1) is 0 Å². The number of carbonyl (C=O) groups is 2. The van der Waals surface area contributed by atoms with Gasteiger partial charge in [0, 0.05) is 11.4 Å². The van der Waals surface area contributed by atoms with E-state index in [1.54, 1.807) is 12.1 Å². The average Bonchev–Trinajstić information content (AvgIpc) is 2.68. The van der Waals surface area contributed by atoms with Crippen LogP contribution in [-0.4, -0.2) is 18.0 Å². The van der Waals surface area contributed by atoms with E-state index in [0.717, 1.165) is 17.7 Å². The molecule has 2 aromatic rings. The van der Waals surface area contributed by atoms with Crippen molar-refractivity contribution in [2.24, 2.45) is 0 Å². The molecule has 1 atom stereocenters. The first-order valence-electron chi connectivity index (χ1n) is 7.24. The third kappa shape index (κ3) is 3.25. The van der Waals surface area contributed by atoms with Crippen molar-refractivity contribution in [3.8, 4) is 0 Å². The molecule has 5 heteroatoms. The Morgan fingerprint density at radius 3 is 2.59 bits per heavy atom. The molecule has 0 aliphatic carbocycles. The van der Waals surface area contributed by atoms with Crippen molar-refractivity contribution in [1.82, 2.24) is 5.32 Å². The van der Waals surface area contributed by atoms with Crippen molar-refractivity contribution in [3.63, 3.8) is 0 Å². The summed E-state index contributed by atoms with van der Waals surface area (Å²) < 4.78 is 0. The summed E-state index contributed by atoms with van der Waals surface area (Å²) in [5.74, 6) is -0.187. The zero-order valence-corrected chi connectivity index (χ0v) is 12.0. The molecule has 0 radical (unpaired) electrons. The number of hydrogen-bond acceptors (Lipinski definition) is 2. The van der Waals surface area contributed by atoms with Gasteiger partial charge in [-0.1, -0.05) is 36.4 Å². The van der Waals surface area contributed by atoms with Crippen LogP contribution >= 0.6 is 0 Å². The lowest BCUT2D eigenvalue weighted by Gasteiger charge is -2.15. The Hall–Kier alpha value is -2.82. The molecule has 3 N–H and O–H groups in total. The molecule has 0 spiro atoms. The minimum atomic E-state index is -0.545. The standard InChI is InChI=1S/C17H17N3O2/c21-16-15(11-10-12-6-4-5-9-14(12)19-16)20-17(22)18-13-7-2-1-3-8-13/h1-9,15H,10-11H2,(H,19,21)(H2,18,20,22). The number of rotatable bonds is 2. The second-order valence-corrected chi connectivity index (χ2v) is 5.20. The zero-order valence-electron chi connectivity index (χ0n) is 12.0. The van der Waals surface area contributed by atoms with Gasteiger partial charge >= 0.3 is 6.03 Å². The highest BCUT2D eigenvalue weighted by Crippen LogP contribution is 2.21. The summed E-state index contributed by atoms with van der Waals surface area (Å²) in [6, 6.07) is 15.9. The van der Waals surface area contributed by atoms with Gasteiger partial charge < -0.3 is 16.0 Å². The Morgan fingerprint density at radius 2 is 1.77 bits per heavy atom. The van der Waals surface area contributed by atoms with E-state index in [0.29, 0.717) is 12.1 Å². The number of anilines is 2. The van der Waals surface area contributed by atoms with Crippen LogP contribution in [0.4, 0.5) is 16.2 Å². The maximum Gasteiger partial charge on any atom is 0.319 e. The van der Waals surface area contributed by atoms with E-state index in [1.165, 1.54) is 0 Å². The van der Waals surface area contributed by atoms with Crippen molar-refractivity contribution in [1.29, 1.82) is 0 Å². The number of hydrogen-bond donors (Lipinski definition) is 3. The molecule has 22 heavy (non-hydrogen) atoms. The van der Waals surface area contributed by atoms with Crippen LogP contribution in [0.15, 0.2) is 54.6 Å². The predicted molar refractivity (Wildman–Crippen MR) is 85.8 cm³/mol. The van der Waals surface area contributed by atoms with Gasteiger partial charge in [-0.3, -0.25) is 4.79 Å². The molecule has 3 amide bonds. The molecule has 0 fully saturated rings. The van der Waals surface area contributed by atoms with Crippen molar-refractivity contribution in [2.75, 3.05) is 10.6 Å². The van der Waals surface area contributed by atoms with Crippen molar-refractivity contribution >= 4 is 23.3 Å². The van der Waals surface area contributed by atoms with Gasteiger partial charge in [-0.05, 0) is 36.6 Å². The minimum Gasteiger partial charge on any atom is -0.326 e. The smallest absolute Gasteiger partial charge is 0.319 e. The summed E-state index contributed by atoms with van der Waals surface area (Å²) in [6.45, 7) is 0. The molecule has 5 nitrogen and oxygen atoms in total. The molecule has 1 aliphatic rings. The van der Waals surface area contributed by atoms with Crippen LogP contribution < -0.4 is 16.0 Å². The maximum absolute atomic E-state index is 12.2. The van der Waals surface area contributed by atoms with Crippen molar-refractivity contribution in [2.45, 2.75) is 18.9 Å². The van der Waals surface area contributed by atoms with Gasteiger partial charge in [0.15, 0.2) is 0 Å². The summed E-state index contributed by atoms with van der Waals surface area (Å²) >= 11 is 0. The lowest BCUT2D eigenvalue weighted by molar-refractivity contribution is -0.117. The van der Waals surface area contributed by atoms with Crippen LogP contribution in [0.1, 0.15) is 12.0 Å². The number of aryl methyl sites for hydroxylation is 1. The molecule has 2 aromatic carbocycles. The number of para-hydroxylation sites is 2. The van der Waals surface area contributed by atoms with Crippen LogP contribution in [-0.2, 0) is 11.2 Å². The fourth-order valence-electron chi connectivity index (χ4n) is 2.50. The third-order valence-corrected chi connectivity index (χ3v) is 3.63. The number of carbonyl (C=O) groups excluding carboxylic acids is 2. The van der Waals surface area contributed by atoms with Crippen LogP contribution in [0.25, 0.3) is 0 Å². The van der Waals surface area contributed by atoms with Crippen LogP contribution in [0.2, 0.25) is 0 Å². The molecule has 3 rings (SSSR count). The quantitative estimate of drug-likeness (QED) is 0.797. The van der Waals surface area contributed by atoms with E-state index in [-0.39, 0.29) is 11.9 Å². The fraction of sp³-hybridized carbons (Fsp3) is 0.176. The highest BCUT2D eigenvalue weighted by Gasteiger charge is 2.24. The molecular formula is C17H17N3O2. The van der Waals surface area contributed by atoms with Crippen molar-refractivity contribution in [3.05, 3.63) is 60.2 Å². The van der Waals surface area contributed by atoms with E-state index >= 15 is 0 Å². The Bertz CT molecular complexity index is 685. The number of fused-ring (bicyclic) bond motifs is 1. The first-order chi connectivity index (χ1) is 10.7. The average molecular weight is 295 g/mol. The van der Waals surface area contributed by atoms with Gasteiger partial charge in [-0.15, -0.1) is 0 Å². The van der Waals surface area contributed by atoms with Gasteiger partial charge in [-0.2, -0.15) is 0 Å². The number of nitrogens with one attached hydrogen (secondary N) is 3. The topological polar surface area (TPSA) is 70.2 Å². The lowest BCUT2D eigenvalue weighted by Crippen LogP contribution is -2.45. The Morgan fingerprint density at radius 1 is 1.05 bits per heavy atom. The Kier molecular flexibility index (Phi) is 4.05. The molecule has 0 saturated heterocycles. The molecule has 0 saturated carbocycles. The van der Waals surface area contributed by atoms with E-state index in [9.17, 15) is 9.59 Å². The van der Waals surface area contributed by atoms with Crippen LogP contribution in [0.5, 0.6) is 0 Å². The molecule has 0 aromatic heterocycles. The van der Waals surface area contributed by atoms with Gasteiger partial charge in [0.1, 0.15) is 6.04 Å². The second kappa shape index (κ2) is 6.30. The summed E-state index contributed by atoms with van der Waals surface area (Å²) in [6.07, 6.45) is 1.32. The zero-order chi connectivity index (χ0) is 15.4. The summed E-state index contributed by atoms with van der Waals surface area (Å²) in [5, 5.41) is 8.31. The normalized spacial score (nSPS) is 16.9. The van der Waals surface area contributed by atoms with Gasteiger partial charge in [0.2, 0.25) is 5.91 Å². The third-order valence-electron chi connectivity index (χ3n) is 3.63. The summed E-state index contributed by atoms with van der Waals surface area (Å²) in [4.78, 5) is 24.2. The first kappa shape index (κ1) is 14.1. The molecule has 112 valence electrons. The molecule has 0 bridgehead atoms. The summed E-state index contributed by atoms with van der Waals surface area (Å²) in [5.41, 5.74) is 2.60. The molecule has 1 heterocycles. The highest BCUT2D eigenvalue weighted by molar-refractivity contribution is 6.00. The van der Waals surface area contributed by atoms with E-state index in [4.69, 9.17) is 0 Å². The Labute approximate surface area is 128 Å². The number of benzene rings is 2. The van der Waals surface area contributed by atoms with Gasteiger partial charge in [0.25, 0.3) is 0 Å². The van der Waals surface area contributed by atoms with Crippen LogP contribution in [0.3, 0.4) is 0 Å². The SMILES string of the molecule is O=C(Nc1ccccc1)NC1CCc2ccccc2NC1=O. The number of urea groups is 1. The minimum absolute atomic E-state index is 0.187. The van der Waals surface area contributed by atoms with E-state index in [2.05, 4.69) is 16.0 Å². The largest absolute Gasteiger partial charge is 0.326 e. The van der Waals surface area contributed by atoms with Gasteiger partial charge in [0.05, 0.1) is 0 Å². The highest BCUT2D eigenvalue weighted by atomic mass is 16.2. The van der Waals surface area contributed by atoms with Gasteiger partial charge in [-0.25, -0.2) is 4.79 Å². The molecule has 1 aliphatic heterocycles. The molecular weight excluding hydrogens is 278 g/mol. The summed E-state index contributed by atoms with van der Waals surface area (Å²) in [7, 11) is 0. The predicted octanol–water partition coefficient (Wildman–Crippen LogP) is 2.76. The van der Waals surface area contributed by atoms with Crippen molar-refractivity contribution < 1.29 is 9.59 Å². The van der Waals surface area contributed by atoms with E-state index in [1.807, 2.05) is 42.5 Å². The number of amides is 3. The monoisotopic (exact) mass is 295 g/mol. The Balaban J connectivity index is 1.64. The fourth-order valence-corrected chi connectivity index (χ4v) is 2.50. The second-order valence-electron chi connectivity index (χ2n) is 5.20. The maximum atomic E-state index is 12.2. The first-order valence-corrected chi connectivity index (χ1v) is 7.24. The molecule has 1 unspecified atom stereocenters. The lowest BCUT2D eigenvalue weighted by atomic mass is 10.1.